The highest BCUT2D eigenvalue weighted by atomic mass is 16.4. The maximum absolute atomic E-state index is 14.3. The number of aliphatic carboxylic acids is 1. The number of carbonyl (C=O) groups is 6. The average Bonchev–Trinajstić information content (AvgIpc) is 3.86. The summed E-state index contributed by atoms with van der Waals surface area (Å²) < 4.78 is 0. The third-order valence-corrected chi connectivity index (χ3v) is 11.2. The second-order valence-corrected chi connectivity index (χ2v) is 15.9. The van der Waals surface area contributed by atoms with Crippen LogP contribution < -0.4 is 43.8 Å². The first-order valence-corrected chi connectivity index (χ1v) is 21.4. The normalized spacial score (nSPS) is 15.3. The highest BCUT2D eigenvalue weighted by Crippen LogP contribution is 2.21. The van der Waals surface area contributed by atoms with Crippen molar-refractivity contribution in [3.8, 4) is 0 Å². The number of hydrogen-bond donors (Lipinski definition) is 12. The van der Waals surface area contributed by atoms with E-state index >= 15 is 0 Å². The Balaban J connectivity index is 1.56. The summed E-state index contributed by atoms with van der Waals surface area (Å²) in [7, 11) is 0. The van der Waals surface area contributed by atoms with E-state index in [0.29, 0.717) is 50.8 Å². The third kappa shape index (κ3) is 13.6. The maximum atomic E-state index is 14.3. The van der Waals surface area contributed by atoms with Crippen molar-refractivity contribution in [2.24, 2.45) is 23.1 Å². The quantitative estimate of drug-likeness (QED) is 0.0395. The van der Waals surface area contributed by atoms with Crippen LogP contribution in [0.15, 0.2) is 60.9 Å². The topological polar surface area (TPSA) is 313 Å². The van der Waals surface area contributed by atoms with E-state index in [1.54, 1.807) is 19.3 Å². The second kappa shape index (κ2) is 24.0. The molecule has 8 atom stereocenters. The van der Waals surface area contributed by atoms with Gasteiger partial charge in [0, 0.05) is 40.6 Å². The molecule has 0 saturated carbocycles. The van der Waals surface area contributed by atoms with Gasteiger partial charge in [-0.25, -0.2) is 4.79 Å². The lowest BCUT2D eigenvalue weighted by atomic mass is 9.96. The SMILES string of the molecule is CC[C@H](C)[C@H](NC(=O)[C@@H](N)Cc1c[nH]c2ccccc12)C(=O)N[C@@H](CCCCN)C(=O)N[C@@H](Cc1c[nH]c2ccccc12)C(=O)N[C@H](C(=O)N[C@@H](CCCCN)C(=O)O)[C@@H](C)O. The van der Waals surface area contributed by atoms with Crippen LogP contribution in [0, 0.1) is 5.92 Å². The van der Waals surface area contributed by atoms with Gasteiger partial charge in [-0.2, -0.15) is 0 Å². The number of hydrogen-bond acceptors (Lipinski definition) is 10. The van der Waals surface area contributed by atoms with E-state index in [2.05, 4.69) is 36.6 Å². The lowest BCUT2D eigenvalue weighted by Gasteiger charge is -2.29. The van der Waals surface area contributed by atoms with E-state index in [0.717, 1.165) is 27.4 Å². The molecular weight excluding hydrogens is 797 g/mol. The molecule has 0 unspecified atom stereocenters. The number of unbranched alkanes of at least 4 members (excludes halogenated alkanes) is 2. The molecule has 0 saturated heterocycles. The number of carbonyl (C=O) groups excluding carboxylic acids is 5. The summed E-state index contributed by atoms with van der Waals surface area (Å²) in [5.74, 6) is -5.32. The Kier molecular flexibility index (Phi) is 18.9. The minimum Gasteiger partial charge on any atom is -0.480 e. The first kappa shape index (κ1) is 48.8. The zero-order chi connectivity index (χ0) is 45.3. The molecule has 2 aromatic heterocycles. The van der Waals surface area contributed by atoms with E-state index in [1.807, 2.05) is 55.5 Å². The predicted octanol–water partition coefficient (Wildman–Crippen LogP) is 0.955. The van der Waals surface area contributed by atoms with Crippen molar-refractivity contribution >= 4 is 57.3 Å². The van der Waals surface area contributed by atoms with Crippen molar-refractivity contribution in [2.75, 3.05) is 13.1 Å². The molecule has 4 aromatic rings. The van der Waals surface area contributed by atoms with Gasteiger partial charge in [0.15, 0.2) is 0 Å². The largest absolute Gasteiger partial charge is 0.480 e. The molecule has 0 bridgehead atoms. The average molecular weight is 861 g/mol. The van der Waals surface area contributed by atoms with Gasteiger partial charge in [-0.05, 0) is 94.1 Å². The van der Waals surface area contributed by atoms with Crippen LogP contribution in [0.5, 0.6) is 0 Å². The molecular formula is C44H64N10O8. The Morgan fingerprint density at radius 3 is 1.61 bits per heavy atom. The number of nitrogens with two attached hydrogens (primary N) is 3. The molecule has 0 radical (unpaired) electrons. The molecule has 338 valence electrons. The molecule has 5 amide bonds. The zero-order valence-corrected chi connectivity index (χ0v) is 35.7. The minimum atomic E-state index is -1.59. The Hall–Kier alpha value is -5.82. The Morgan fingerprint density at radius 1 is 0.613 bits per heavy atom. The van der Waals surface area contributed by atoms with Crippen LogP contribution >= 0.6 is 0 Å². The zero-order valence-electron chi connectivity index (χ0n) is 35.7. The summed E-state index contributed by atoms with van der Waals surface area (Å²) in [5.41, 5.74) is 20.9. The molecule has 15 N–H and O–H groups in total. The van der Waals surface area contributed by atoms with E-state index in [9.17, 15) is 39.0 Å². The fourth-order valence-corrected chi connectivity index (χ4v) is 7.29. The molecule has 0 spiro atoms. The fraction of sp³-hybridized carbons (Fsp3) is 0.500. The van der Waals surface area contributed by atoms with Gasteiger partial charge in [0.25, 0.3) is 0 Å². The number of benzene rings is 2. The highest BCUT2D eigenvalue weighted by molar-refractivity contribution is 5.97. The Bertz CT molecular complexity index is 2120. The maximum Gasteiger partial charge on any atom is 0.326 e. The minimum absolute atomic E-state index is 0.0735. The third-order valence-electron chi connectivity index (χ3n) is 11.2. The van der Waals surface area contributed by atoms with Gasteiger partial charge in [0.1, 0.15) is 30.2 Å². The van der Waals surface area contributed by atoms with Gasteiger partial charge in [0.2, 0.25) is 29.5 Å². The lowest BCUT2D eigenvalue weighted by molar-refractivity contribution is -0.143. The monoisotopic (exact) mass is 860 g/mol. The number of aromatic amines is 2. The fourth-order valence-electron chi connectivity index (χ4n) is 7.29. The predicted molar refractivity (Wildman–Crippen MR) is 236 cm³/mol. The van der Waals surface area contributed by atoms with E-state index in [4.69, 9.17) is 17.2 Å². The summed E-state index contributed by atoms with van der Waals surface area (Å²) >= 11 is 0. The number of rotatable bonds is 26. The number of nitrogens with one attached hydrogen (secondary N) is 7. The number of para-hydroxylation sites is 2. The second-order valence-electron chi connectivity index (χ2n) is 15.9. The van der Waals surface area contributed by atoms with E-state index in [-0.39, 0.29) is 31.6 Å². The number of aromatic nitrogens is 2. The van der Waals surface area contributed by atoms with Crippen molar-refractivity contribution in [3.05, 3.63) is 72.1 Å². The van der Waals surface area contributed by atoms with Crippen molar-refractivity contribution in [1.82, 2.24) is 36.6 Å². The molecule has 4 rings (SSSR count). The van der Waals surface area contributed by atoms with Gasteiger partial charge in [0.05, 0.1) is 12.1 Å². The number of aliphatic hydroxyl groups is 1. The Labute approximate surface area is 361 Å². The van der Waals surface area contributed by atoms with Gasteiger partial charge in [-0.15, -0.1) is 0 Å². The number of carboxylic acid groups (broad SMARTS) is 1. The summed E-state index contributed by atoms with van der Waals surface area (Å²) in [6.07, 6.45) is 4.80. The van der Waals surface area contributed by atoms with Crippen molar-refractivity contribution in [3.63, 3.8) is 0 Å². The molecule has 0 aliphatic carbocycles. The molecule has 0 aliphatic rings. The van der Waals surface area contributed by atoms with Crippen LogP contribution in [0.1, 0.15) is 76.8 Å². The lowest BCUT2D eigenvalue weighted by Crippen LogP contribution is -2.61. The Morgan fingerprint density at radius 2 is 1.08 bits per heavy atom. The van der Waals surface area contributed by atoms with Gasteiger partial charge in [-0.3, -0.25) is 24.0 Å². The smallest absolute Gasteiger partial charge is 0.326 e. The number of H-pyrrole nitrogens is 2. The van der Waals surface area contributed by atoms with Crippen molar-refractivity contribution < 1.29 is 39.0 Å². The molecule has 2 heterocycles. The van der Waals surface area contributed by atoms with Crippen LogP contribution in [-0.4, -0.2) is 111 Å². The number of carboxylic acids is 1. The van der Waals surface area contributed by atoms with Gasteiger partial charge in [-0.1, -0.05) is 56.7 Å². The van der Waals surface area contributed by atoms with Crippen LogP contribution in [0.3, 0.4) is 0 Å². The molecule has 18 heteroatoms. The molecule has 18 nitrogen and oxygen atoms in total. The summed E-state index contributed by atoms with van der Waals surface area (Å²) in [6, 6.07) is 7.49. The summed E-state index contributed by atoms with van der Waals surface area (Å²) in [5, 5.41) is 35.4. The van der Waals surface area contributed by atoms with Gasteiger partial charge >= 0.3 is 5.97 Å². The van der Waals surface area contributed by atoms with Crippen LogP contribution in [-0.2, 0) is 41.6 Å². The van der Waals surface area contributed by atoms with Crippen molar-refractivity contribution in [2.45, 2.75) is 121 Å². The van der Waals surface area contributed by atoms with E-state index < -0.39 is 77.9 Å². The van der Waals surface area contributed by atoms with Crippen LogP contribution in [0.4, 0.5) is 0 Å². The van der Waals surface area contributed by atoms with E-state index in [1.165, 1.54) is 6.92 Å². The summed E-state index contributed by atoms with van der Waals surface area (Å²) in [6.45, 7) is 5.60. The molecule has 62 heavy (non-hydrogen) atoms. The van der Waals surface area contributed by atoms with Crippen LogP contribution in [0.2, 0.25) is 0 Å². The van der Waals surface area contributed by atoms with Crippen LogP contribution in [0.25, 0.3) is 21.8 Å². The number of amides is 5. The highest BCUT2D eigenvalue weighted by Gasteiger charge is 2.35. The van der Waals surface area contributed by atoms with Gasteiger partial charge < -0.3 is 64.0 Å². The standard InChI is InChI=1S/C44H64N10O8/c1-4-25(2)37(53-39(56)31(47)21-27-23-48-32-15-7-5-13-29(27)32)42(59)50-34(17-9-11-19-45)40(57)52-36(22-28-24-49-33-16-8-6-14-30(28)33)41(58)54-38(26(3)55)43(60)51-35(44(61)62)18-10-12-20-46/h5-8,13-16,23-26,31,34-38,48-49,55H,4,9-12,17-22,45-47H2,1-3H3,(H,50,59)(H,51,60)(H,52,57)(H,53,56)(H,54,58)(H,61,62)/t25-,26+,31-,34-,35-,36-,37-,38-/m0/s1. The molecule has 0 aliphatic heterocycles. The first-order chi connectivity index (χ1) is 29.7. The summed E-state index contributed by atoms with van der Waals surface area (Å²) in [4.78, 5) is 87.8. The first-order valence-electron chi connectivity index (χ1n) is 21.4. The number of fused-ring (bicyclic) bond motifs is 2. The van der Waals surface area contributed by atoms with Crippen molar-refractivity contribution in [1.29, 1.82) is 0 Å². The molecule has 2 aromatic carbocycles. The molecule has 0 fully saturated rings. The number of aliphatic hydroxyl groups excluding tert-OH is 1.